The van der Waals surface area contributed by atoms with Crippen molar-refractivity contribution in [2.45, 2.75) is 45.2 Å². The summed E-state index contributed by atoms with van der Waals surface area (Å²) in [5.74, 6) is -3.10. The van der Waals surface area contributed by atoms with Crippen molar-refractivity contribution in [3.8, 4) is 6.07 Å². The first-order valence-corrected chi connectivity index (χ1v) is 13.7. The summed E-state index contributed by atoms with van der Waals surface area (Å²) in [5.41, 5.74) is -1.20. The average molecular weight is 600 g/mol. The van der Waals surface area contributed by atoms with Crippen LogP contribution in [0.4, 0.5) is 13.6 Å². The van der Waals surface area contributed by atoms with E-state index < -0.39 is 41.0 Å². The van der Waals surface area contributed by atoms with Crippen molar-refractivity contribution in [2.75, 3.05) is 6.54 Å². The van der Waals surface area contributed by atoms with Crippen LogP contribution in [0.5, 0.6) is 0 Å². The third-order valence-corrected chi connectivity index (χ3v) is 7.86. The average Bonchev–Trinajstić information content (AvgIpc) is 3.20. The van der Waals surface area contributed by atoms with Gasteiger partial charge in [-0.3, -0.25) is 0 Å². The highest BCUT2D eigenvalue weighted by molar-refractivity contribution is 6.30. The molecule has 1 heterocycles. The van der Waals surface area contributed by atoms with E-state index in [1.165, 1.54) is 41.3 Å². The van der Waals surface area contributed by atoms with E-state index in [1.54, 1.807) is 12.1 Å². The molecule has 6 nitrogen and oxygen atoms in total. The third-order valence-electron chi connectivity index (χ3n) is 7.39. The van der Waals surface area contributed by atoms with Gasteiger partial charge >= 0.3 is 12.0 Å². The number of nitrogens with one attached hydrogen (secondary N) is 1. The Morgan fingerprint density at radius 1 is 1.05 bits per heavy atom. The molecule has 3 atom stereocenters. The molecule has 0 aromatic heterocycles. The topological polar surface area (TPSA) is 93.4 Å². The van der Waals surface area contributed by atoms with E-state index in [2.05, 4.69) is 11.4 Å². The molecule has 4 rings (SSSR count). The van der Waals surface area contributed by atoms with E-state index >= 15 is 8.78 Å². The first-order valence-electron chi connectivity index (χ1n) is 13.0. The van der Waals surface area contributed by atoms with E-state index in [-0.39, 0.29) is 45.2 Å². The molecular formula is C31H29Cl2F2N3O3. The predicted molar refractivity (Wildman–Crippen MR) is 153 cm³/mol. The molecular weight excluding hydrogens is 571 g/mol. The number of hydrogen-bond donors (Lipinski definition) is 2. The lowest BCUT2D eigenvalue weighted by Gasteiger charge is -2.38. The number of likely N-dealkylation sites (tertiary alicyclic amines) is 1. The summed E-state index contributed by atoms with van der Waals surface area (Å²) in [6.45, 7) is 6.03. The van der Waals surface area contributed by atoms with Gasteiger partial charge in [0.25, 0.3) is 0 Å². The Labute approximate surface area is 247 Å². The maximum absolute atomic E-state index is 15.7. The Morgan fingerprint density at radius 2 is 1.66 bits per heavy atom. The minimum Gasteiger partial charge on any atom is -0.478 e. The standard InChI is InChI=1S/C31H29Cl2F2N3O3/c1-30(2,3)14-20-16-38(29(41)37-15-18-4-6-19(7-5-18)28(39)40)27(23-10-8-21(32)12-25(23)34)31(20,17-36)24-11-9-22(33)13-26(24)35/h4-13,20,27H,14-16H2,1-3H3,(H,37,41)(H,39,40). The van der Waals surface area contributed by atoms with Crippen molar-refractivity contribution >= 4 is 35.2 Å². The molecule has 1 aliphatic heterocycles. The zero-order valence-corrected chi connectivity index (χ0v) is 24.2. The quantitative estimate of drug-likeness (QED) is 0.303. The highest BCUT2D eigenvalue weighted by atomic mass is 35.5. The van der Waals surface area contributed by atoms with Crippen molar-refractivity contribution in [3.63, 3.8) is 0 Å². The Bertz CT molecular complexity index is 1520. The lowest BCUT2D eigenvalue weighted by atomic mass is 9.63. The molecule has 0 bridgehead atoms. The van der Waals surface area contributed by atoms with Crippen LogP contribution in [0, 0.1) is 34.3 Å². The first-order chi connectivity index (χ1) is 19.3. The van der Waals surface area contributed by atoms with Gasteiger partial charge in [0.2, 0.25) is 0 Å². The molecule has 2 amide bonds. The summed E-state index contributed by atoms with van der Waals surface area (Å²) in [7, 11) is 0. The van der Waals surface area contributed by atoms with Gasteiger partial charge in [0, 0.05) is 40.2 Å². The van der Waals surface area contributed by atoms with Gasteiger partial charge in [-0.25, -0.2) is 18.4 Å². The Balaban J connectivity index is 1.84. The molecule has 3 aromatic carbocycles. The van der Waals surface area contributed by atoms with Crippen molar-refractivity contribution < 1.29 is 23.5 Å². The summed E-state index contributed by atoms with van der Waals surface area (Å²) in [5, 5.41) is 23.1. The minimum atomic E-state index is -1.67. The van der Waals surface area contributed by atoms with Crippen molar-refractivity contribution in [1.29, 1.82) is 5.26 Å². The molecule has 0 saturated carbocycles. The number of hydrogen-bond acceptors (Lipinski definition) is 3. The van der Waals surface area contributed by atoms with Gasteiger partial charge in [-0.2, -0.15) is 5.26 Å². The number of rotatable bonds is 6. The van der Waals surface area contributed by atoms with Gasteiger partial charge in [0.05, 0.1) is 17.7 Å². The van der Waals surface area contributed by atoms with Crippen LogP contribution in [0.3, 0.4) is 0 Å². The number of nitrogens with zero attached hydrogens (tertiary/aromatic N) is 2. The van der Waals surface area contributed by atoms with Crippen LogP contribution in [-0.4, -0.2) is 28.6 Å². The molecule has 3 unspecified atom stereocenters. The van der Waals surface area contributed by atoms with E-state index in [4.69, 9.17) is 28.3 Å². The lowest BCUT2D eigenvalue weighted by Crippen LogP contribution is -2.44. The van der Waals surface area contributed by atoms with Crippen molar-refractivity contribution in [2.24, 2.45) is 11.3 Å². The molecule has 0 aliphatic carbocycles. The van der Waals surface area contributed by atoms with Crippen molar-refractivity contribution in [3.05, 3.63) is 105 Å². The Morgan fingerprint density at radius 3 is 2.20 bits per heavy atom. The minimum absolute atomic E-state index is 0.0255. The van der Waals surface area contributed by atoms with Crippen LogP contribution < -0.4 is 5.32 Å². The third kappa shape index (κ3) is 6.17. The first kappa shape index (κ1) is 30.3. The SMILES string of the molecule is CC(C)(C)CC1CN(C(=O)NCc2ccc(C(=O)O)cc2)C(c2ccc(Cl)cc2F)C1(C#N)c1ccc(Cl)cc1F. The molecule has 1 aliphatic rings. The molecule has 1 fully saturated rings. The maximum atomic E-state index is 15.7. The number of aromatic carboxylic acids is 1. The summed E-state index contributed by atoms with van der Waals surface area (Å²) in [6.07, 6.45) is 0.425. The van der Waals surface area contributed by atoms with Gasteiger partial charge < -0.3 is 15.3 Å². The smallest absolute Gasteiger partial charge is 0.335 e. The molecule has 0 spiro atoms. The van der Waals surface area contributed by atoms with Crippen LogP contribution in [0.25, 0.3) is 0 Å². The monoisotopic (exact) mass is 599 g/mol. The van der Waals surface area contributed by atoms with Crippen molar-refractivity contribution in [1.82, 2.24) is 10.2 Å². The highest BCUT2D eigenvalue weighted by Crippen LogP contribution is 2.56. The van der Waals surface area contributed by atoms with Crippen LogP contribution in [0.1, 0.15) is 60.3 Å². The summed E-state index contributed by atoms with van der Waals surface area (Å²) in [4.78, 5) is 26.3. The number of carbonyl (C=O) groups is 2. The predicted octanol–water partition coefficient (Wildman–Crippen LogP) is 7.75. The number of carbonyl (C=O) groups excluding carboxylic acids is 1. The summed E-state index contributed by atoms with van der Waals surface area (Å²) < 4.78 is 31.3. The largest absolute Gasteiger partial charge is 0.478 e. The van der Waals surface area contributed by atoms with Gasteiger partial charge in [-0.15, -0.1) is 0 Å². The molecule has 2 N–H and O–H groups in total. The second-order valence-electron chi connectivity index (χ2n) is 11.4. The number of carboxylic acid groups (broad SMARTS) is 1. The van der Waals surface area contributed by atoms with Crippen LogP contribution >= 0.6 is 23.2 Å². The number of nitriles is 1. The van der Waals surface area contributed by atoms with Crippen LogP contribution in [0.15, 0.2) is 60.7 Å². The Kier molecular flexibility index (Phi) is 8.62. The van der Waals surface area contributed by atoms with Gasteiger partial charge in [-0.05, 0) is 53.8 Å². The van der Waals surface area contributed by atoms with E-state index in [1.807, 2.05) is 20.8 Å². The normalized spacial score (nSPS) is 20.5. The summed E-state index contributed by atoms with van der Waals surface area (Å²) in [6, 6.07) is 14.6. The molecule has 3 aromatic rings. The molecule has 1 saturated heterocycles. The van der Waals surface area contributed by atoms with Gasteiger partial charge in [0.1, 0.15) is 17.0 Å². The summed E-state index contributed by atoms with van der Waals surface area (Å²) >= 11 is 12.1. The van der Waals surface area contributed by atoms with E-state index in [9.17, 15) is 14.9 Å². The van der Waals surface area contributed by atoms with Gasteiger partial charge in [-0.1, -0.05) is 68.2 Å². The fourth-order valence-corrected chi connectivity index (χ4v) is 6.02. The second kappa shape index (κ2) is 11.7. The highest BCUT2D eigenvalue weighted by Gasteiger charge is 2.60. The maximum Gasteiger partial charge on any atom is 0.335 e. The molecule has 0 radical (unpaired) electrons. The second-order valence-corrected chi connectivity index (χ2v) is 12.3. The lowest BCUT2D eigenvalue weighted by molar-refractivity contribution is 0.0696. The van der Waals surface area contributed by atoms with Gasteiger partial charge in [0.15, 0.2) is 0 Å². The van der Waals surface area contributed by atoms with E-state index in [0.717, 1.165) is 12.1 Å². The number of urea groups is 1. The molecule has 41 heavy (non-hydrogen) atoms. The number of carboxylic acids is 1. The zero-order valence-electron chi connectivity index (χ0n) is 22.7. The zero-order chi connectivity index (χ0) is 30.1. The number of halogens is 4. The Hall–Kier alpha value is -3.67. The molecule has 214 valence electrons. The number of benzene rings is 3. The van der Waals surface area contributed by atoms with Crippen LogP contribution in [-0.2, 0) is 12.0 Å². The fraction of sp³-hybridized carbons (Fsp3) is 0.323. The number of amides is 2. The fourth-order valence-electron chi connectivity index (χ4n) is 5.71. The molecule has 10 heteroatoms. The van der Waals surface area contributed by atoms with Crippen LogP contribution in [0.2, 0.25) is 10.0 Å². The van der Waals surface area contributed by atoms with E-state index in [0.29, 0.717) is 12.0 Å².